The summed E-state index contributed by atoms with van der Waals surface area (Å²) in [6, 6.07) is 18.7. The highest BCUT2D eigenvalue weighted by Gasteiger charge is 2.36. The molecule has 0 saturated carbocycles. The van der Waals surface area contributed by atoms with Crippen LogP contribution in [0.15, 0.2) is 73.1 Å². The molecule has 2 aliphatic heterocycles. The van der Waals surface area contributed by atoms with E-state index in [9.17, 15) is 9.59 Å². The first-order chi connectivity index (χ1) is 15.2. The molecular formula is C24H23N3O4. The van der Waals surface area contributed by atoms with Crippen molar-refractivity contribution >= 4 is 17.5 Å². The summed E-state index contributed by atoms with van der Waals surface area (Å²) in [7, 11) is 0. The van der Waals surface area contributed by atoms with Crippen LogP contribution in [0.1, 0.15) is 10.4 Å². The smallest absolute Gasteiger partial charge is 0.265 e. The highest BCUT2D eigenvalue weighted by atomic mass is 16.5. The number of ether oxygens (including phenoxy) is 2. The van der Waals surface area contributed by atoms with Crippen molar-refractivity contribution < 1.29 is 19.1 Å². The normalized spacial score (nSPS) is 18.3. The number of carbonyl (C=O) groups is 2. The van der Waals surface area contributed by atoms with Crippen LogP contribution in [0.25, 0.3) is 5.69 Å². The first-order valence-electron chi connectivity index (χ1n) is 10.4. The second-order valence-electron chi connectivity index (χ2n) is 7.57. The predicted octanol–water partition coefficient (Wildman–Crippen LogP) is 2.74. The van der Waals surface area contributed by atoms with E-state index in [2.05, 4.69) is 0 Å². The van der Waals surface area contributed by atoms with Crippen LogP contribution in [0.3, 0.4) is 0 Å². The van der Waals surface area contributed by atoms with Gasteiger partial charge in [-0.2, -0.15) is 0 Å². The van der Waals surface area contributed by atoms with Gasteiger partial charge in [-0.15, -0.1) is 0 Å². The quantitative estimate of drug-likeness (QED) is 0.658. The maximum atomic E-state index is 13.5. The predicted molar refractivity (Wildman–Crippen MR) is 116 cm³/mol. The van der Waals surface area contributed by atoms with E-state index < -0.39 is 6.10 Å². The molecular weight excluding hydrogens is 394 g/mol. The van der Waals surface area contributed by atoms with Gasteiger partial charge in [-0.25, -0.2) is 0 Å². The molecule has 2 amide bonds. The second kappa shape index (κ2) is 8.28. The summed E-state index contributed by atoms with van der Waals surface area (Å²) >= 11 is 0. The molecule has 0 radical (unpaired) electrons. The Morgan fingerprint density at radius 3 is 2.48 bits per heavy atom. The number of para-hydroxylation sites is 2. The molecule has 2 aliphatic rings. The van der Waals surface area contributed by atoms with Crippen molar-refractivity contribution in [2.45, 2.75) is 6.10 Å². The third-order valence-electron chi connectivity index (χ3n) is 5.61. The highest BCUT2D eigenvalue weighted by Crippen LogP contribution is 2.34. The molecule has 1 aromatic heterocycles. The first kappa shape index (κ1) is 19.4. The van der Waals surface area contributed by atoms with Crippen molar-refractivity contribution in [1.82, 2.24) is 9.47 Å². The van der Waals surface area contributed by atoms with Crippen molar-refractivity contribution in [1.29, 1.82) is 0 Å². The van der Waals surface area contributed by atoms with Crippen LogP contribution < -0.4 is 9.64 Å². The minimum absolute atomic E-state index is 0.114. The Labute approximate surface area is 180 Å². The Morgan fingerprint density at radius 1 is 0.903 bits per heavy atom. The lowest BCUT2D eigenvalue weighted by Gasteiger charge is -2.37. The van der Waals surface area contributed by atoms with Gasteiger partial charge in [-0.3, -0.25) is 9.59 Å². The van der Waals surface area contributed by atoms with E-state index in [0.717, 1.165) is 5.69 Å². The highest BCUT2D eigenvalue weighted by molar-refractivity contribution is 6.08. The number of morpholine rings is 1. The van der Waals surface area contributed by atoms with Gasteiger partial charge in [0.1, 0.15) is 5.75 Å². The number of hydrogen-bond donors (Lipinski definition) is 0. The summed E-state index contributed by atoms with van der Waals surface area (Å²) in [6.45, 7) is 2.27. The van der Waals surface area contributed by atoms with Gasteiger partial charge in [0.25, 0.3) is 11.8 Å². The molecule has 7 nitrogen and oxygen atoms in total. The number of anilines is 1. The number of hydrogen-bond acceptors (Lipinski definition) is 4. The number of amides is 2. The Morgan fingerprint density at radius 2 is 1.68 bits per heavy atom. The third kappa shape index (κ3) is 3.80. The minimum atomic E-state index is -0.746. The summed E-state index contributed by atoms with van der Waals surface area (Å²) in [6.07, 6.45) is 3.12. The van der Waals surface area contributed by atoms with Crippen LogP contribution in [0, 0.1) is 0 Å². The third-order valence-corrected chi connectivity index (χ3v) is 5.61. The van der Waals surface area contributed by atoms with Crippen LogP contribution in [0.2, 0.25) is 0 Å². The van der Waals surface area contributed by atoms with Gasteiger partial charge < -0.3 is 23.8 Å². The molecule has 5 rings (SSSR count). The SMILES string of the molecule is O=C([C@@H]1CN(C(=O)c2cccc(-n3cccc3)c2)c2ccccc2O1)N1CCOCC1. The summed E-state index contributed by atoms with van der Waals surface area (Å²) < 4.78 is 13.3. The number of benzene rings is 2. The van der Waals surface area contributed by atoms with Crippen LogP contribution in [-0.4, -0.2) is 60.2 Å². The fraction of sp³-hybridized carbons (Fsp3) is 0.250. The van der Waals surface area contributed by atoms with E-state index >= 15 is 0 Å². The molecule has 0 N–H and O–H groups in total. The van der Waals surface area contributed by atoms with Gasteiger partial charge in [-0.05, 0) is 42.5 Å². The van der Waals surface area contributed by atoms with Crippen LogP contribution in [0.5, 0.6) is 5.75 Å². The average Bonchev–Trinajstić information content (AvgIpc) is 3.38. The van der Waals surface area contributed by atoms with E-state index in [-0.39, 0.29) is 18.4 Å². The fourth-order valence-corrected chi connectivity index (χ4v) is 4.00. The molecule has 158 valence electrons. The summed E-state index contributed by atoms with van der Waals surface area (Å²) in [5.74, 6) is 0.261. The monoisotopic (exact) mass is 417 g/mol. The van der Waals surface area contributed by atoms with Gasteiger partial charge in [0.15, 0.2) is 6.10 Å². The molecule has 31 heavy (non-hydrogen) atoms. The summed E-state index contributed by atoms with van der Waals surface area (Å²) in [5.41, 5.74) is 2.13. The molecule has 3 heterocycles. The molecule has 1 saturated heterocycles. The van der Waals surface area contributed by atoms with Gasteiger partial charge in [-0.1, -0.05) is 18.2 Å². The Balaban J connectivity index is 1.45. The zero-order chi connectivity index (χ0) is 21.2. The zero-order valence-corrected chi connectivity index (χ0v) is 17.0. The van der Waals surface area contributed by atoms with E-state index in [1.54, 1.807) is 21.9 Å². The summed E-state index contributed by atoms with van der Waals surface area (Å²) in [5, 5.41) is 0. The fourth-order valence-electron chi connectivity index (χ4n) is 4.00. The lowest BCUT2D eigenvalue weighted by Crippen LogP contribution is -2.54. The topological polar surface area (TPSA) is 64.0 Å². The van der Waals surface area contributed by atoms with E-state index in [0.29, 0.717) is 43.3 Å². The Hall–Kier alpha value is -3.58. The Bertz CT molecular complexity index is 1090. The van der Waals surface area contributed by atoms with E-state index in [1.807, 2.05) is 65.5 Å². The van der Waals surface area contributed by atoms with Crippen LogP contribution in [-0.2, 0) is 9.53 Å². The van der Waals surface area contributed by atoms with Crippen molar-refractivity contribution in [2.24, 2.45) is 0 Å². The molecule has 0 bridgehead atoms. The number of carbonyl (C=O) groups excluding carboxylic acids is 2. The Kier molecular flexibility index (Phi) is 5.18. The molecule has 1 fully saturated rings. The lowest BCUT2D eigenvalue weighted by atomic mass is 10.1. The minimum Gasteiger partial charge on any atom is -0.476 e. The lowest BCUT2D eigenvalue weighted by molar-refractivity contribution is -0.142. The largest absolute Gasteiger partial charge is 0.476 e. The average molecular weight is 417 g/mol. The molecule has 3 aromatic rings. The van der Waals surface area contributed by atoms with Gasteiger partial charge in [0.2, 0.25) is 0 Å². The molecule has 0 unspecified atom stereocenters. The second-order valence-corrected chi connectivity index (χ2v) is 7.57. The van der Waals surface area contributed by atoms with E-state index in [1.165, 1.54) is 0 Å². The molecule has 7 heteroatoms. The van der Waals surface area contributed by atoms with Gasteiger partial charge >= 0.3 is 0 Å². The zero-order valence-electron chi connectivity index (χ0n) is 17.0. The maximum Gasteiger partial charge on any atom is 0.265 e. The molecule has 2 aromatic carbocycles. The van der Waals surface area contributed by atoms with Crippen molar-refractivity contribution in [3.8, 4) is 11.4 Å². The van der Waals surface area contributed by atoms with Crippen LogP contribution >= 0.6 is 0 Å². The van der Waals surface area contributed by atoms with E-state index in [4.69, 9.17) is 9.47 Å². The first-order valence-corrected chi connectivity index (χ1v) is 10.4. The maximum absolute atomic E-state index is 13.5. The summed E-state index contributed by atoms with van der Waals surface area (Å²) in [4.78, 5) is 30.0. The number of aromatic nitrogens is 1. The molecule has 0 spiro atoms. The van der Waals surface area contributed by atoms with Gasteiger partial charge in [0, 0.05) is 36.7 Å². The molecule has 1 atom stereocenters. The number of fused-ring (bicyclic) bond motifs is 1. The van der Waals surface area contributed by atoms with Crippen molar-refractivity contribution in [3.63, 3.8) is 0 Å². The van der Waals surface area contributed by atoms with Crippen molar-refractivity contribution in [2.75, 3.05) is 37.7 Å². The van der Waals surface area contributed by atoms with Gasteiger partial charge in [0.05, 0.1) is 25.4 Å². The van der Waals surface area contributed by atoms with Crippen molar-refractivity contribution in [3.05, 3.63) is 78.6 Å². The van der Waals surface area contributed by atoms with Crippen LogP contribution in [0.4, 0.5) is 5.69 Å². The number of rotatable bonds is 3. The number of nitrogens with zero attached hydrogens (tertiary/aromatic N) is 3. The standard InChI is InChI=1S/C24H23N3O4/c28-23(18-6-5-7-19(16-18)25-10-3-4-11-25)27-17-22(24(29)26-12-14-30-15-13-26)31-21-9-2-1-8-20(21)27/h1-11,16,22H,12-15,17H2/t22-/m0/s1. The molecule has 0 aliphatic carbocycles.